The van der Waals surface area contributed by atoms with Crippen molar-refractivity contribution in [1.82, 2.24) is 15.5 Å². The van der Waals surface area contributed by atoms with E-state index in [-0.39, 0.29) is 17.2 Å². The number of ether oxygens (including phenoxy) is 1. The molecule has 0 bridgehead atoms. The van der Waals surface area contributed by atoms with Gasteiger partial charge in [0.1, 0.15) is 18.3 Å². The fourth-order valence-electron chi connectivity index (χ4n) is 4.16. The average molecular weight is 350 g/mol. The van der Waals surface area contributed by atoms with E-state index in [4.69, 9.17) is 10.5 Å². The van der Waals surface area contributed by atoms with Crippen LogP contribution in [0.5, 0.6) is 0 Å². The highest BCUT2D eigenvalue weighted by Crippen LogP contribution is 2.50. The van der Waals surface area contributed by atoms with Gasteiger partial charge in [0.05, 0.1) is 12.6 Å². The summed E-state index contributed by atoms with van der Waals surface area (Å²) >= 11 is 0. The van der Waals surface area contributed by atoms with Crippen molar-refractivity contribution >= 4 is 17.7 Å². The lowest BCUT2D eigenvalue weighted by atomic mass is 9.77. The molecule has 2 fully saturated rings. The molecular weight excluding hydrogens is 324 g/mol. The van der Waals surface area contributed by atoms with Gasteiger partial charge in [0.2, 0.25) is 17.7 Å². The molecule has 3 aliphatic rings. The molecule has 0 aromatic heterocycles. The van der Waals surface area contributed by atoms with Gasteiger partial charge in [-0.05, 0) is 26.8 Å². The summed E-state index contributed by atoms with van der Waals surface area (Å²) in [5.74, 6) is -1.06. The first-order valence-corrected chi connectivity index (χ1v) is 8.75. The Kier molecular flexibility index (Phi) is 4.83. The minimum absolute atomic E-state index is 0.258. The largest absolute Gasteiger partial charge is 0.368 e. The molecule has 138 valence electrons. The number of nitrogens with two attached hydrogens (primary N) is 1. The van der Waals surface area contributed by atoms with Crippen LogP contribution >= 0.6 is 0 Å². The molecule has 2 aliphatic heterocycles. The maximum atomic E-state index is 13.1. The van der Waals surface area contributed by atoms with Crippen LogP contribution < -0.4 is 16.4 Å². The van der Waals surface area contributed by atoms with Crippen molar-refractivity contribution in [3.05, 3.63) is 12.2 Å². The molecule has 4 atom stereocenters. The van der Waals surface area contributed by atoms with Crippen LogP contribution in [0.15, 0.2) is 12.2 Å². The summed E-state index contributed by atoms with van der Waals surface area (Å²) in [6, 6.07) is -1.83. The number of amides is 3. The van der Waals surface area contributed by atoms with E-state index in [0.29, 0.717) is 32.3 Å². The number of hydrogen-bond acceptors (Lipinski definition) is 5. The van der Waals surface area contributed by atoms with Crippen LogP contribution in [0.25, 0.3) is 0 Å². The highest BCUT2D eigenvalue weighted by molar-refractivity contribution is 5.93. The Hall–Kier alpha value is -1.93. The summed E-state index contributed by atoms with van der Waals surface area (Å²) in [7, 11) is 1.68. The normalized spacial score (nSPS) is 31.7. The molecule has 1 aliphatic carbocycles. The van der Waals surface area contributed by atoms with Gasteiger partial charge >= 0.3 is 0 Å². The van der Waals surface area contributed by atoms with Crippen molar-refractivity contribution in [3.63, 3.8) is 0 Å². The number of likely N-dealkylation sites (N-methyl/N-ethyl adjacent to an activating group) is 1. The summed E-state index contributed by atoms with van der Waals surface area (Å²) in [4.78, 5) is 39.0. The maximum absolute atomic E-state index is 13.1. The molecule has 3 amide bonds. The zero-order valence-corrected chi connectivity index (χ0v) is 14.7. The van der Waals surface area contributed by atoms with Crippen LogP contribution in [-0.2, 0) is 19.1 Å². The maximum Gasteiger partial charge on any atom is 0.247 e. The first-order valence-electron chi connectivity index (χ1n) is 8.75. The van der Waals surface area contributed by atoms with Gasteiger partial charge in [0.25, 0.3) is 0 Å². The Labute approximate surface area is 147 Å². The lowest BCUT2D eigenvalue weighted by molar-refractivity contribution is -0.149. The highest BCUT2D eigenvalue weighted by atomic mass is 16.5. The minimum atomic E-state index is -0.709. The van der Waals surface area contributed by atoms with Gasteiger partial charge in [-0.2, -0.15) is 0 Å². The topological polar surface area (TPSA) is 114 Å². The Bertz CT molecular complexity index is 597. The van der Waals surface area contributed by atoms with Gasteiger partial charge in [0.15, 0.2) is 0 Å². The molecule has 0 aromatic rings. The molecule has 1 spiro atoms. The van der Waals surface area contributed by atoms with Crippen molar-refractivity contribution in [2.24, 2.45) is 11.1 Å². The van der Waals surface area contributed by atoms with Gasteiger partial charge in [-0.15, -0.1) is 0 Å². The van der Waals surface area contributed by atoms with E-state index in [1.807, 2.05) is 12.2 Å². The van der Waals surface area contributed by atoms with Gasteiger partial charge in [-0.1, -0.05) is 12.2 Å². The SMILES string of the molecule is CN[C@@H](C)C(=O)N[C@H]1CCOC2CC3(CC=CC3)C(C(N)=O)N2C1=O. The van der Waals surface area contributed by atoms with E-state index in [9.17, 15) is 14.4 Å². The molecule has 8 heteroatoms. The number of nitrogens with one attached hydrogen (secondary N) is 2. The zero-order chi connectivity index (χ0) is 18.2. The molecular formula is C17H26N4O4. The first kappa shape index (κ1) is 17.9. The van der Waals surface area contributed by atoms with Crippen molar-refractivity contribution in [1.29, 1.82) is 0 Å². The molecule has 2 unspecified atom stereocenters. The highest BCUT2D eigenvalue weighted by Gasteiger charge is 2.58. The molecule has 3 rings (SSSR count). The second kappa shape index (κ2) is 6.76. The molecule has 0 saturated carbocycles. The van der Waals surface area contributed by atoms with Crippen molar-refractivity contribution in [3.8, 4) is 0 Å². The van der Waals surface area contributed by atoms with E-state index in [1.165, 1.54) is 4.90 Å². The number of carbonyl (C=O) groups is 3. The summed E-state index contributed by atoms with van der Waals surface area (Å²) in [6.45, 7) is 2.07. The van der Waals surface area contributed by atoms with Crippen LogP contribution in [0.2, 0.25) is 0 Å². The molecule has 0 radical (unpaired) electrons. The van der Waals surface area contributed by atoms with Gasteiger partial charge < -0.3 is 26.0 Å². The van der Waals surface area contributed by atoms with E-state index < -0.39 is 30.3 Å². The fraction of sp³-hybridized carbons (Fsp3) is 0.706. The lowest BCUT2D eigenvalue weighted by Crippen LogP contribution is -2.57. The predicted molar refractivity (Wildman–Crippen MR) is 90.1 cm³/mol. The number of nitrogens with zero attached hydrogens (tertiary/aromatic N) is 1. The van der Waals surface area contributed by atoms with Crippen molar-refractivity contribution < 1.29 is 19.1 Å². The minimum Gasteiger partial charge on any atom is -0.368 e. The number of fused-ring (bicyclic) bond motifs is 1. The van der Waals surface area contributed by atoms with E-state index >= 15 is 0 Å². The Balaban J connectivity index is 1.84. The second-order valence-corrected chi connectivity index (χ2v) is 7.18. The third-order valence-electron chi connectivity index (χ3n) is 5.65. The molecule has 2 saturated heterocycles. The van der Waals surface area contributed by atoms with Crippen LogP contribution in [-0.4, -0.2) is 60.6 Å². The number of primary amides is 1. The average Bonchev–Trinajstić information content (AvgIpc) is 3.13. The molecule has 8 nitrogen and oxygen atoms in total. The quantitative estimate of drug-likeness (QED) is 0.577. The van der Waals surface area contributed by atoms with Gasteiger partial charge in [-0.3, -0.25) is 14.4 Å². The van der Waals surface area contributed by atoms with Crippen LogP contribution in [0.4, 0.5) is 0 Å². The predicted octanol–water partition coefficient (Wildman–Crippen LogP) is -0.752. The third-order valence-corrected chi connectivity index (χ3v) is 5.65. The van der Waals surface area contributed by atoms with Crippen molar-refractivity contribution in [2.45, 2.75) is 57.0 Å². The number of allylic oxidation sites excluding steroid dienone is 2. The molecule has 25 heavy (non-hydrogen) atoms. The van der Waals surface area contributed by atoms with Crippen molar-refractivity contribution in [2.75, 3.05) is 13.7 Å². The van der Waals surface area contributed by atoms with E-state index in [2.05, 4.69) is 10.6 Å². The number of hydrogen-bond donors (Lipinski definition) is 3. The first-order chi connectivity index (χ1) is 11.9. The second-order valence-electron chi connectivity index (χ2n) is 7.18. The number of carbonyl (C=O) groups excluding carboxylic acids is 3. The standard InChI is InChI=1S/C17H26N4O4/c1-10(19-2)15(23)20-11-5-8-25-12-9-17(6-3-4-7-17)13(14(18)22)21(12)16(11)24/h3-4,10-13,19H,5-9H2,1-2H3,(H2,18,22)(H,20,23)/t10-,11-,12?,13?/m0/s1. The monoisotopic (exact) mass is 350 g/mol. The Morgan fingerprint density at radius 3 is 2.68 bits per heavy atom. The van der Waals surface area contributed by atoms with Gasteiger partial charge in [-0.25, -0.2) is 0 Å². The van der Waals surface area contributed by atoms with Crippen LogP contribution in [0.1, 0.15) is 32.6 Å². The number of rotatable bonds is 4. The summed E-state index contributed by atoms with van der Waals surface area (Å²) in [6.07, 6.45) is 5.98. The molecule has 0 aromatic carbocycles. The summed E-state index contributed by atoms with van der Waals surface area (Å²) < 4.78 is 5.87. The zero-order valence-electron chi connectivity index (χ0n) is 14.7. The fourth-order valence-corrected chi connectivity index (χ4v) is 4.16. The van der Waals surface area contributed by atoms with E-state index in [1.54, 1.807) is 14.0 Å². The molecule has 4 N–H and O–H groups in total. The molecule has 2 heterocycles. The third kappa shape index (κ3) is 3.04. The van der Waals surface area contributed by atoms with E-state index in [0.717, 1.165) is 0 Å². The smallest absolute Gasteiger partial charge is 0.247 e. The van der Waals surface area contributed by atoms with Crippen LogP contribution in [0.3, 0.4) is 0 Å². The summed E-state index contributed by atoms with van der Waals surface area (Å²) in [5.41, 5.74) is 5.30. The lowest BCUT2D eigenvalue weighted by Gasteiger charge is -2.34. The van der Waals surface area contributed by atoms with Gasteiger partial charge in [0, 0.05) is 18.3 Å². The summed E-state index contributed by atoms with van der Waals surface area (Å²) in [5, 5.41) is 5.62. The Morgan fingerprint density at radius 1 is 1.40 bits per heavy atom. The Morgan fingerprint density at radius 2 is 2.08 bits per heavy atom. The van der Waals surface area contributed by atoms with Crippen LogP contribution in [0, 0.1) is 5.41 Å².